The Morgan fingerprint density at radius 3 is 1.32 bits per heavy atom. The second kappa shape index (κ2) is 34.7. The molecule has 1 saturated heterocycles. The van der Waals surface area contributed by atoms with Crippen LogP contribution < -0.4 is 22.1 Å². The molecule has 1 fully saturated rings. The van der Waals surface area contributed by atoms with Crippen LogP contribution in [0.5, 0.6) is 0 Å². The van der Waals surface area contributed by atoms with Gasteiger partial charge >= 0.3 is 6.03 Å². The normalized spacial score (nSPS) is 17.3. The van der Waals surface area contributed by atoms with E-state index in [2.05, 4.69) is 10.6 Å². The Morgan fingerprint density at radius 2 is 0.920 bits per heavy atom. The van der Waals surface area contributed by atoms with Gasteiger partial charge in [0, 0.05) is 74.7 Å². The Balaban J connectivity index is 2.10. The summed E-state index contributed by atoms with van der Waals surface area (Å²) >= 11 is 0. The standard InChI is InChI=1S/C65H105N11O12/c1-19-88-46-36-47(56(67)78)76(37-46)63(85)52(33-41(8)9)73(16)62(84)53(35-45-28-24-21-25-29-45)74(17)64(86)55(43(12)77)68-57(79)48(34-44-26-22-20-23-27-44)70(13)59(81)49(30-38(2)3)71(14)60(82)50(31-39(4)5)72(15)61(83)51(32-40(6)7)75(18)65(87)69-58(80)54(66)42(10)11/h20-29,38-43,46-55,77H,19,30-37,66H2,1-18H3,(H2,67,78)(H,68,79)(H,69,80,87)/t43-,46-,47?,48+,49+,50?,51+,52+,53+,54?,55+/m1/s1. The number of hydrogen-bond donors (Lipinski definition) is 5. The third-order valence-electron chi connectivity index (χ3n) is 16.5. The average Bonchev–Trinajstić information content (AvgIpc) is 1.86. The lowest BCUT2D eigenvalue weighted by Crippen LogP contribution is -2.63. The van der Waals surface area contributed by atoms with Crippen LogP contribution in [0, 0.1) is 29.6 Å². The van der Waals surface area contributed by atoms with Crippen molar-refractivity contribution in [2.24, 2.45) is 41.1 Å². The summed E-state index contributed by atoms with van der Waals surface area (Å²) in [7, 11) is 8.62. The maximum absolute atomic E-state index is 15.4. The fraction of sp³-hybridized carbons (Fsp3) is 0.662. The molecule has 0 bridgehead atoms. The maximum Gasteiger partial charge on any atom is 0.324 e. The van der Waals surface area contributed by atoms with Crippen molar-refractivity contribution in [2.75, 3.05) is 55.4 Å². The topological polar surface area (TPSA) is 299 Å². The van der Waals surface area contributed by atoms with E-state index >= 15 is 24.0 Å². The first kappa shape index (κ1) is 75.3. The third kappa shape index (κ3) is 20.8. The molecule has 0 saturated carbocycles. The quantitative estimate of drug-likeness (QED) is 0.0700. The van der Waals surface area contributed by atoms with Crippen molar-refractivity contribution >= 4 is 59.2 Å². The van der Waals surface area contributed by atoms with Crippen LogP contribution in [-0.2, 0) is 60.7 Å². The molecule has 23 heteroatoms. The molecule has 3 rings (SSSR count). The van der Waals surface area contributed by atoms with E-state index in [1.54, 1.807) is 81.4 Å². The highest BCUT2D eigenvalue weighted by Crippen LogP contribution is 2.27. The molecule has 0 spiro atoms. The number of ether oxygens (including phenoxy) is 1. The Bertz CT molecular complexity index is 2660. The van der Waals surface area contributed by atoms with Gasteiger partial charge in [0.2, 0.25) is 53.2 Å². The van der Waals surface area contributed by atoms with Gasteiger partial charge in [-0.15, -0.1) is 0 Å². The van der Waals surface area contributed by atoms with E-state index in [0.29, 0.717) is 17.7 Å². The number of primary amides is 1. The van der Waals surface area contributed by atoms with E-state index < -0.39 is 126 Å². The van der Waals surface area contributed by atoms with E-state index in [1.165, 1.54) is 73.7 Å². The number of aliphatic hydroxyl groups excluding tert-OH is 1. The van der Waals surface area contributed by atoms with Gasteiger partial charge in [-0.3, -0.25) is 48.5 Å². The van der Waals surface area contributed by atoms with Crippen molar-refractivity contribution < 1.29 is 57.8 Å². The minimum Gasteiger partial charge on any atom is -0.391 e. The number of aliphatic hydroxyl groups is 1. The summed E-state index contributed by atoms with van der Waals surface area (Å²) in [4.78, 5) is 153. The number of carbonyl (C=O) groups excluding carboxylic acids is 10. The predicted octanol–water partition coefficient (Wildman–Crippen LogP) is 3.67. The fourth-order valence-electron chi connectivity index (χ4n) is 11.1. The first-order chi connectivity index (χ1) is 41.1. The number of nitrogens with one attached hydrogen (secondary N) is 2. The van der Waals surface area contributed by atoms with E-state index in [4.69, 9.17) is 16.2 Å². The number of hydrogen-bond acceptors (Lipinski definition) is 13. The SMILES string of the molecule is CCO[C@@H]1CC(C(N)=O)N(C(=O)[C@H](CC(C)C)N(C)C(=O)[C@H](Cc2ccccc2)N(C)C(=O)[C@@H](NC(=O)[C@H](Cc2ccccc2)N(C)C(=O)[C@H](CC(C)C)N(C)C(=O)C(CC(C)C)N(C)C(=O)[C@H](CC(C)C)N(C)C(=O)NC(=O)C(N)C(C)C)[C@@H](C)O)C1. The lowest BCUT2D eigenvalue weighted by Gasteiger charge is -2.40. The minimum atomic E-state index is -1.69. The van der Waals surface area contributed by atoms with Gasteiger partial charge in [0.25, 0.3) is 0 Å². The van der Waals surface area contributed by atoms with Gasteiger partial charge in [0.05, 0.1) is 18.2 Å². The zero-order valence-electron chi connectivity index (χ0n) is 55.6. The molecule has 11 amide bonds. The van der Waals surface area contributed by atoms with E-state index in [0.717, 1.165) is 9.80 Å². The highest BCUT2D eigenvalue weighted by molar-refractivity contribution is 6.00. The Hall–Kier alpha value is -6.98. The monoisotopic (exact) mass is 1230 g/mol. The van der Waals surface area contributed by atoms with Crippen LogP contribution >= 0.6 is 0 Å². The molecule has 0 aliphatic carbocycles. The molecule has 11 atom stereocenters. The van der Waals surface area contributed by atoms with Crippen LogP contribution in [0.15, 0.2) is 60.7 Å². The van der Waals surface area contributed by atoms with Gasteiger partial charge in [0.15, 0.2) is 0 Å². The number of nitrogens with two attached hydrogens (primary N) is 2. The van der Waals surface area contributed by atoms with Crippen molar-refractivity contribution in [1.29, 1.82) is 0 Å². The van der Waals surface area contributed by atoms with E-state index in [1.807, 2.05) is 55.4 Å². The first-order valence-corrected chi connectivity index (χ1v) is 31.0. The van der Waals surface area contributed by atoms with Crippen LogP contribution in [0.4, 0.5) is 4.79 Å². The van der Waals surface area contributed by atoms with Gasteiger partial charge in [-0.05, 0) is 80.2 Å². The number of benzene rings is 2. The van der Waals surface area contributed by atoms with Crippen LogP contribution in [0.2, 0.25) is 0 Å². The highest BCUT2D eigenvalue weighted by atomic mass is 16.5. The van der Waals surface area contributed by atoms with Gasteiger partial charge in [0.1, 0.15) is 48.3 Å². The number of amides is 11. The molecule has 1 heterocycles. The number of carbonyl (C=O) groups is 10. The van der Waals surface area contributed by atoms with Gasteiger partial charge < -0.3 is 60.9 Å². The van der Waals surface area contributed by atoms with Crippen LogP contribution in [-0.4, -0.2) is 221 Å². The molecule has 3 unspecified atom stereocenters. The van der Waals surface area contributed by atoms with E-state index in [9.17, 15) is 29.1 Å². The maximum atomic E-state index is 15.4. The molecule has 0 radical (unpaired) electrons. The molecule has 492 valence electrons. The second-order valence-corrected chi connectivity index (χ2v) is 25.9. The minimum absolute atomic E-state index is 0.0439. The lowest BCUT2D eigenvalue weighted by atomic mass is 9.95. The zero-order chi connectivity index (χ0) is 66.8. The molecular weight excluding hydrogens is 1130 g/mol. The second-order valence-electron chi connectivity index (χ2n) is 25.9. The van der Waals surface area contributed by atoms with Crippen LogP contribution in [0.25, 0.3) is 0 Å². The summed E-state index contributed by atoms with van der Waals surface area (Å²) in [5.74, 6) is -6.87. The molecular formula is C65H105N11O12. The summed E-state index contributed by atoms with van der Waals surface area (Å²) in [6.07, 6.45) is -1.30. The smallest absolute Gasteiger partial charge is 0.324 e. The largest absolute Gasteiger partial charge is 0.391 e. The van der Waals surface area contributed by atoms with Crippen molar-refractivity contribution in [3.63, 3.8) is 0 Å². The van der Waals surface area contributed by atoms with Crippen LogP contribution in [0.3, 0.4) is 0 Å². The molecule has 1 aliphatic heterocycles. The molecule has 2 aromatic carbocycles. The number of urea groups is 1. The van der Waals surface area contributed by atoms with Crippen molar-refractivity contribution in [3.8, 4) is 0 Å². The predicted molar refractivity (Wildman–Crippen MR) is 337 cm³/mol. The summed E-state index contributed by atoms with van der Waals surface area (Å²) in [6, 6.07) is 6.04. The molecule has 0 aromatic heterocycles. The average molecular weight is 1230 g/mol. The van der Waals surface area contributed by atoms with Crippen LogP contribution in [0.1, 0.15) is 126 Å². The summed E-state index contributed by atoms with van der Waals surface area (Å²) in [6.45, 7) is 22.1. The number of imide groups is 1. The number of likely N-dealkylation sites (tertiary alicyclic amines) is 1. The lowest BCUT2D eigenvalue weighted by molar-refractivity contribution is -0.154. The molecule has 23 nitrogen and oxygen atoms in total. The van der Waals surface area contributed by atoms with Crippen molar-refractivity contribution in [1.82, 2.24) is 44.9 Å². The Labute approximate surface area is 522 Å². The zero-order valence-corrected chi connectivity index (χ0v) is 55.6. The van der Waals surface area contributed by atoms with Crippen molar-refractivity contribution in [2.45, 2.75) is 195 Å². The van der Waals surface area contributed by atoms with Gasteiger partial charge in [-0.2, -0.15) is 0 Å². The van der Waals surface area contributed by atoms with Crippen molar-refractivity contribution in [3.05, 3.63) is 71.8 Å². The highest BCUT2D eigenvalue weighted by Gasteiger charge is 2.46. The Kier molecular flexibility index (Phi) is 29.7. The molecule has 1 aliphatic rings. The van der Waals surface area contributed by atoms with E-state index in [-0.39, 0.29) is 81.1 Å². The Morgan fingerprint density at radius 1 is 0.545 bits per heavy atom. The molecule has 2 aromatic rings. The summed E-state index contributed by atoms with van der Waals surface area (Å²) in [5.41, 5.74) is 13.1. The fourth-order valence-corrected chi connectivity index (χ4v) is 11.1. The summed E-state index contributed by atoms with van der Waals surface area (Å²) in [5, 5.41) is 16.6. The number of likely N-dealkylation sites (N-methyl/N-ethyl adjacent to an activating group) is 6. The van der Waals surface area contributed by atoms with Gasteiger partial charge in [-0.25, -0.2) is 4.79 Å². The van der Waals surface area contributed by atoms with Gasteiger partial charge in [-0.1, -0.05) is 130 Å². The molecule has 7 N–H and O–H groups in total. The third-order valence-corrected chi connectivity index (χ3v) is 16.5. The first-order valence-electron chi connectivity index (χ1n) is 31.0. The number of rotatable bonds is 32. The molecule has 88 heavy (non-hydrogen) atoms. The summed E-state index contributed by atoms with van der Waals surface area (Å²) < 4.78 is 5.81. The number of nitrogens with zero attached hydrogens (tertiary/aromatic N) is 7.